The quantitative estimate of drug-likeness (QED) is 0.0659. The summed E-state index contributed by atoms with van der Waals surface area (Å²) in [6.07, 6.45) is 5.89. The van der Waals surface area contributed by atoms with Crippen LogP contribution in [-0.2, 0) is 44.2 Å². The number of carboxylic acids is 1. The summed E-state index contributed by atoms with van der Waals surface area (Å²) in [6, 6.07) is 26.2. The molecule has 0 saturated heterocycles. The number of hydrogen-bond donors (Lipinski definition) is 3. The number of aliphatic carboxylic acids is 1. The number of carboxylic acid groups (broad SMARTS) is 1. The Morgan fingerprint density at radius 3 is 1.57 bits per heavy atom. The smallest absolute Gasteiger partial charge is 0.306 e. The summed E-state index contributed by atoms with van der Waals surface area (Å²) >= 11 is 13.5. The van der Waals surface area contributed by atoms with Crippen molar-refractivity contribution in [1.29, 1.82) is 10.5 Å². The van der Waals surface area contributed by atoms with E-state index in [0.29, 0.717) is 72.8 Å². The van der Waals surface area contributed by atoms with Gasteiger partial charge in [0, 0.05) is 53.6 Å². The summed E-state index contributed by atoms with van der Waals surface area (Å²) in [6.45, 7) is 7.64. The molecule has 65 heavy (non-hydrogen) atoms. The van der Waals surface area contributed by atoms with E-state index in [0.717, 1.165) is 33.4 Å². The van der Waals surface area contributed by atoms with Gasteiger partial charge in [-0.2, -0.15) is 10.5 Å². The molecule has 0 bridgehead atoms. The molecule has 4 aromatic carbocycles. The molecule has 0 fully saturated rings. The van der Waals surface area contributed by atoms with Crippen molar-refractivity contribution in [2.45, 2.75) is 79.7 Å². The average Bonchev–Trinajstić information content (AvgIpc) is 3.30. The molecular weight excluding hydrogens is 867 g/mol. The highest BCUT2D eigenvalue weighted by atomic mass is 35.5. The molecule has 6 rings (SSSR count). The molecule has 2 aromatic heterocycles. The summed E-state index contributed by atoms with van der Waals surface area (Å²) in [4.78, 5) is 20.4. The molecule has 0 aliphatic carbocycles. The predicted molar refractivity (Wildman–Crippen MR) is 246 cm³/mol. The van der Waals surface area contributed by atoms with Crippen molar-refractivity contribution < 1.29 is 39.1 Å². The van der Waals surface area contributed by atoms with E-state index in [9.17, 15) is 30.6 Å². The lowest BCUT2D eigenvalue weighted by atomic mass is 9.85. The summed E-state index contributed by atoms with van der Waals surface area (Å²) in [5.74, 6) is -0.704. The molecule has 0 spiro atoms. The first-order chi connectivity index (χ1) is 31.3. The number of aryl methyl sites for hydroxylation is 1. The van der Waals surface area contributed by atoms with Crippen LogP contribution in [0.15, 0.2) is 97.6 Å². The molecule has 0 aliphatic heterocycles. The molecule has 6 aromatic rings. The van der Waals surface area contributed by atoms with Crippen LogP contribution < -0.4 is 18.9 Å². The Morgan fingerprint density at radius 1 is 0.662 bits per heavy atom. The first-order valence-corrected chi connectivity index (χ1v) is 21.6. The normalized spacial score (nSPS) is 12.3. The minimum Gasteiger partial charge on any atom is -0.488 e. The second-order valence-corrected chi connectivity index (χ2v) is 16.6. The number of aromatic nitrogens is 2. The Labute approximate surface area is 388 Å². The molecule has 0 aliphatic rings. The van der Waals surface area contributed by atoms with Crippen LogP contribution in [0.25, 0.3) is 11.1 Å². The molecular formula is C51H48Cl2N4O8. The number of halogens is 2. The van der Waals surface area contributed by atoms with Gasteiger partial charge in [0.1, 0.15) is 61.6 Å². The van der Waals surface area contributed by atoms with Crippen LogP contribution in [0, 0.1) is 48.3 Å². The Balaban J connectivity index is 1.20. The SMILES string of the molecule is Cc1c(COc2cc(OCc3cncc(C#N)c3)c(CO)cc2Cl)cccc1-c1cccc(COc2cc(OCc3cncc(C#N)c3)c(CC[C@H](C(=O)O)[C@@H](C)[C@H](C)O)cc2Cl)c1C. The minimum absolute atomic E-state index is 0.0879. The minimum atomic E-state index is -0.995. The van der Waals surface area contributed by atoms with E-state index in [1.165, 1.54) is 12.4 Å². The molecule has 3 N–H and O–H groups in total. The van der Waals surface area contributed by atoms with Gasteiger partial charge < -0.3 is 34.3 Å². The number of rotatable bonds is 20. The van der Waals surface area contributed by atoms with E-state index in [-0.39, 0.29) is 39.5 Å². The number of nitriles is 2. The average molecular weight is 916 g/mol. The standard InChI is InChI=1S/C51H48Cl2N4O8/c1-30(33(4)59)44(51(60)61)12-11-38-15-45(52)49(17-47(38)62-26-36-13-34(19-54)21-56-23-36)64-28-39-7-5-9-42(31(39)2)43-10-6-8-40(32(43)3)29-65-50-18-48(41(25-58)16-46(50)53)63-27-37-14-35(20-55)22-57-24-37/h5-10,13-18,21-24,30,33,44,58-59H,11-12,25-29H2,1-4H3,(H,60,61)/t30-,33-,44-/m0/s1. The molecule has 3 atom stereocenters. The third-order valence-electron chi connectivity index (χ3n) is 11.4. The van der Waals surface area contributed by atoms with Crippen molar-refractivity contribution in [2.75, 3.05) is 0 Å². The fraction of sp³-hybridized carbons (Fsp3) is 0.275. The third kappa shape index (κ3) is 12.1. The van der Waals surface area contributed by atoms with E-state index >= 15 is 0 Å². The van der Waals surface area contributed by atoms with Crippen LogP contribution in [0.3, 0.4) is 0 Å². The zero-order chi connectivity index (χ0) is 46.6. The van der Waals surface area contributed by atoms with Crippen molar-refractivity contribution in [2.24, 2.45) is 11.8 Å². The molecule has 12 nitrogen and oxygen atoms in total. The summed E-state index contributed by atoms with van der Waals surface area (Å²) in [5, 5.41) is 49.4. The first-order valence-electron chi connectivity index (χ1n) is 20.8. The van der Waals surface area contributed by atoms with Gasteiger partial charge >= 0.3 is 5.97 Å². The highest BCUT2D eigenvalue weighted by molar-refractivity contribution is 6.32. The van der Waals surface area contributed by atoms with E-state index < -0.39 is 23.9 Å². The van der Waals surface area contributed by atoms with E-state index in [2.05, 4.69) is 28.2 Å². The van der Waals surface area contributed by atoms with Crippen LogP contribution in [0.5, 0.6) is 23.0 Å². The van der Waals surface area contributed by atoms with Gasteiger partial charge in [-0.25, -0.2) is 0 Å². The maximum absolute atomic E-state index is 12.2. The molecule has 0 amide bonds. The number of aliphatic hydroxyl groups is 2. The number of ether oxygens (including phenoxy) is 4. The number of aliphatic hydroxyl groups excluding tert-OH is 2. The second kappa shape index (κ2) is 22.3. The Hall–Kier alpha value is -6.67. The highest BCUT2D eigenvalue weighted by Gasteiger charge is 2.28. The number of carbonyl (C=O) groups is 1. The van der Waals surface area contributed by atoms with Crippen LogP contribution >= 0.6 is 23.2 Å². The van der Waals surface area contributed by atoms with Crippen molar-refractivity contribution in [1.82, 2.24) is 9.97 Å². The fourth-order valence-corrected chi connectivity index (χ4v) is 7.85. The lowest BCUT2D eigenvalue weighted by Gasteiger charge is -2.23. The van der Waals surface area contributed by atoms with Crippen molar-refractivity contribution in [3.05, 3.63) is 163 Å². The topological polar surface area (TPSA) is 188 Å². The zero-order valence-electron chi connectivity index (χ0n) is 36.3. The maximum atomic E-state index is 12.2. The summed E-state index contributed by atoms with van der Waals surface area (Å²) in [7, 11) is 0. The van der Waals surface area contributed by atoms with E-state index in [4.69, 9.17) is 42.1 Å². The van der Waals surface area contributed by atoms with E-state index in [1.54, 1.807) is 62.6 Å². The van der Waals surface area contributed by atoms with Gasteiger partial charge in [0.25, 0.3) is 0 Å². The summed E-state index contributed by atoms with van der Waals surface area (Å²) in [5.41, 5.74) is 9.17. The molecule has 14 heteroatoms. The zero-order valence-corrected chi connectivity index (χ0v) is 37.9. The van der Waals surface area contributed by atoms with Gasteiger partial charge in [-0.15, -0.1) is 0 Å². The van der Waals surface area contributed by atoms with Crippen molar-refractivity contribution in [3.63, 3.8) is 0 Å². The first kappa shape index (κ1) is 47.8. The van der Waals surface area contributed by atoms with E-state index in [1.807, 2.05) is 44.2 Å². The second-order valence-electron chi connectivity index (χ2n) is 15.7. The Kier molecular flexibility index (Phi) is 16.4. The lowest BCUT2D eigenvalue weighted by Crippen LogP contribution is -2.29. The maximum Gasteiger partial charge on any atom is 0.306 e. The van der Waals surface area contributed by atoms with Crippen molar-refractivity contribution >= 4 is 29.2 Å². The number of hydrogen-bond acceptors (Lipinski definition) is 11. The lowest BCUT2D eigenvalue weighted by molar-refractivity contribution is -0.145. The fourth-order valence-electron chi connectivity index (χ4n) is 7.37. The monoisotopic (exact) mass is 914 g/mol. The predicted octanol–water partition coefficient (Wildman–Crippen LogP) is 10.3. The highest BCUT2D eigenvalue weighted by Crippen LogP contribution is 2.38. The van der Waals surface area contributed by atoms with Crippen LogP contribution in [0.4, 0.5) is 0 Å². The summed E-state index contributed by atoms with van der Waals surface area (Å²) < 4.78 is 24.9. The van der Waals surface area contributed by atoms with Gasteiger partial charge in [0.2, 0.25) is 0 Å². The molecule has 334 valence electrons. The van der Waals surface area contributed by atoms with Gasteiger partial charge in [-0.05, 0) is 103 Å². The Morgan fingerprint density at radius 2 is 1.12 bits per heavy atom. The number of pyridine rings is 2. The molecule has 0 saturated carbocycles. The molecule has 0 unspecified atom stereocenters. The van der Waals surface area contributed by atoms with Crippen LogP contribution in [0.2, 0.25) is 10.0 Å². The van der Waals surface area contributed by atoms with Crippen LogP contribution in [0.1, 0.15) is 75.9 Å². The Bertz CT molecular complexity index is 2750. The largest absolute Gasteiger partial charge is 0.488 e. The third-order valence-corrected chi connectivity index (χ3v) is 12.0. The molecule has 0 radical (unpaired) electrons. The number of nitrogens with zero attached hydrogens (tertiary/aromatic N) is 4. The number of benzene rings is 4. The van der Waals surface area contributed by atoms with Gasteiger partial charge in [-0.3, -0.25) is 14.8 Å². The van der Waals surface area contributed by atoms with Gasteiger partial charge in [-0.1, -0.05) is 66.5 Å². The molecule has 2 heterocycles. The van der Waals surface area contributed by atoms with Crippen molar-refractivity contribution in [3.8, 4) is 46.3 Å². The van der Waals surface area contributed by atoms with Crippen LogP contribution in [-0.4, -0.2) is 37.4 Å². The van der Waals surface area contributed by atoms with Gasteiger partial charge in [0.05, 0.1) is 39.8 Å². The van der Waals surface area contributed by atoms with Gasteiger partial charge in [0.15, 0.2) is 0 Å².